The molecule has 0 heterocycles. The molecule has 0 fully saturated rings. The van der Waals surface area contributed by atoms with Crippen LogP contribution in [-0.2, 0) is 26.2 Å². The molecule has 0 unspecified atom stereocenters. The van der Waals surface area contributed by atoms with Crippen LogP contribution in [0.2, 0.25) is 0 Å². The largest absolute Gasteiger partial charge is 0.481 e. The molecule has 0 aromatic heterocycles. The molecule has 0 spiro atoms. The zero-order valence-electron chi connectivity index (χ0n) is 14.9. The van der Waals surface area contributed by atoms with Crippen LogP contribution in [0.1, 0.15) is 25.3 Å². The highest BCUT2D eigenvalue weighted by atomic mass is 32.2. The van der Waals surface area contributed by atoms with E-state index < -0.39 is 16.0 Å². The number of carboxylic acid groups (broad SMARTS) is 1. The molecular formula is C19H22N2O5S. The minimum absolute atomic E-state index is 0.0744. The molecule has 0 aliphatic carbocycles. The molecule has 144 valence electrons. The van der Waals surface area contributed by atoms with Crippen molar-refractivity contribution in [2.75, 3.05) is 5.32 Å². The average molecular weight is 390 g/mol. The second-order valence-electron chi connectivity index (χ2n) is 6.29. The standard InChI is InChI=1S/C19H22N2O5S/c1-14(12-19(23)24)11-18(22)21-16-7-9-17(10-8-16)27(25,26)20-13-15-5-3-2-4-6-15/h2-10,14,20H,11-13H2,1H3,(H,21,22)(H,23,24)/t14-/m1/s1. The van der Waals surface area contributed by atoms with Gasteiger partial charge >= 0.3 is 5.97 Å². The van der Waals surface area contributed by atoms with Crippen molar-refractivity contribution in [2.24, 2.45) is 5.92 Å². The summed E-state index contributed by atoms with van der Waals surface area (Å²) in [6.07, 6.45) is -0.0112. The SMILES string of the molecule is C[C@@H](CC(=O)O)CC(=O)Nc1ccc(S(=O)(=O)NCc2ccccc2)cc1. The number of hydrogen-bond donors (Lipinski definition) is 3. The number of amides is 1. The summed E-state index contributed by atoms with van der Waals surface area (Å²) in [7, 11) is -3.66. The van der Waals surface area contributed by atoms with Gasteiger partial charge < -0.3 is 10.4 Å². The molecule has 27 heavy (non-hydrogen) atoms. The zero-order valence-corrected chi connectivity index (χ0v) is 15.7. The fourth-order valence-corrected chi connectivity index (χ4v) is 3.49. The van der Waals surface area contributed by atoms with E-state index in [1.54, 1.807) is 6.92 Å². The smallest absolute Gasteiger partial charge is 0.303 e. The number of anilines is 1. The van der Waals surface area contributed by atoms with Crippen LogP contribution in [0.4, 0.5) is 5.69 Å². The quantitative estimate of drug-likeness (QED) is 0.609. The number of hydrogen-bond acceptors (Lipinski definition) is 4. The van der Waals surface area contributed by atoms with Gasteiger partial charge in [0.15, 0.2) is 0 Å². The van der Waals surface area contributed by atoms with E-state index in [2.05, 4.69) is 10.0 Å². The van der Waals surface area contributed by atoms with Gasteiger partial charge in [-0.05, 0) is 35.7 Å². The third-order valence-electron chi connectivity index (χ3n) is 3.81. The molecule has 3 N–H and O–H groups in total. The molecule has 0 bridgehead atoms. The Balaban J connectivity index is 1.93. The van der Waals surface area contributed by atoms with Crippen LogP contribution in [-0.4, -0.2) is 25.4 Å². The normalized spacial score (nSPS) is 12.3. The summed E-state index contributed by atoms with van der Waals surface area (Å²) < 4.78 is 27.2. The van der Waals surface area contributed by atoms with Crippen LogP contribution in [0.15, 0.2) is 59.5 Å². The highest BCUT2D eigenvalue weighted by molar-refractivity contribution is 7.89. The molecule has 0 radical (unpaired) electrons. The van der Waals surface area contributed by atoms with E-state index in [0.717, 1.165) is 5.56 Å². The Morgan fingerprint density at radius 3 is 2.22 bits per heavy atom. The van der Waals surface area contributed by atoms with Crippen molar-refractivity contribution in [1.82, 2.24) is 4.72 Å². The molecule has 2 aromatic carbocycles. The molecule has 2 aromatic rings. The van der Waals surface area contributed by atoms with Gasteiger partial charge in [-0.25, -0.2) is 13.1 Å². The van der Waals surface area contributed by atoms with E-state index in [1.807, 2.05) is 30.3 Å². The van der Waals surface area contributed by atoms with Gasteiger partial charge in [-0.1, -0.05) is 37.3 Å². The summed E-state index contributed by atoms with van der Waals surface area (Å²) >= 11 is 0. The molecule has 8 heteroatoms. The molecule has 0 saturated carbocycles. The number of sulfonamides is 1. The topological polar surface area (TPSA) is 113 Å². The van der Waals surface area contributed by atoms with Crippen molar-refractivity contribution in [2.45, 2.75) is 31.2 Å². The summed E-state index contributed by atoms with van der Waals surface area (Å²) in [6, 6.07) is 15.0. The Morgan fingerprint density at radius 2 is 1.63 bits per heavy atom. The molecular weight excluding hydrogens is 368 g/mol. The van der Waals surface area contributed by atoms with E-state index in [0.29, 0.717) is 5.69 Å². The number of carbonyl (C=O) groups excluding carboxylic acids is 1. The predicted molar refractivity (Wildman–Crippen MR) is 102 cm³/mol. The molecule has 0 saturated heterocycles. The van der Waals surface area contributed by atoms with E-state index in [1.165, 1.54) is 24.3 Å². The second kappa shape index (κ2) is 9.29. The van der Waals surface area contributed by atoms with Crippen molar-refractivity contribution >= 4 is 27.6 Å². The number of carbonyl (C=O) groups is 2. The highest BCUT2D eigenvalue weighted by Crippen LogP contribution is 2.16. The van der Waals surface area contributed by atoms with E-state index >= 15 is 0 Å². The summed E-state index contributed by atoms with van der Waals surface area (Å²) in [6.45, 7) is 1.87. The van der Waals surface area contributed by atoms with Gasteiger partial charge in [0.1, 0.15) is 0 Å². The van der Waals surface area contributed by atoms with Crippen LogP contribution in [0.25, 0.3) is 0 Å². The molecule has 0 aliphatic heterocycles. The maximum atomic E-state index is 12.3. The van der Waals surface area contributed by atoms with Gasteiger partial charge in [0.25, 0.3) is 0 Å². The summed E-state index contributed by atoms with van der Waals surface area (Å²) in [5.41, 5.74) is 1.30. The Labute approximate surface area is 158 Å². The van der Waals surface area contributed by atoms with Crippen molar-refractivity contribution in [1.29, 1.82) is 0 Å². The summed E-state index contributed by atoms with van der Waals surface area (Å²) in [4.78, 5) is 22.6. The lowest BCUT2D eigenvalue weighted by Gasteiger charge is -2.10. The number of carboxylic acids is 1. The lowest BCUT2D eigenvalue weighted by atomic mass is 10.0. The van der Waals surface area contributed by atoms with E-state index in [9.17, 15) is 18.0 Å². The zero-order chi connectivity index (χ0) is 19.9. The van der Waals surface area contributed by atoms with E-state index in [4.69, 9.17) is 5.11 Å². The van der Waals surface area contributed by atoms with Crippen molar-refractivity contribution < 1.29 is 23.1 Å². The van der Waals surface area contributed by atoms with Crippen molar-refractivity contribution in [3.05, 3.63) is 60.2 Å². The lowest BCUT2D eigenvalue weighted by Crippen LogP contribution is -2.23. The van der Waals surface area contributed by atoms with Crippen LogP contribution < -0.4 is 10.0 Å². The van der Waals surface area contributed by atoms with Gasteiger partial charge in [-0.2, -0.15) is 0 Å². The fourth-order valence-electron chi connectivity index (χ4n) is 2.47. The van der Waals surface area contributed by atoms with Crippen LogP contribution in [0.3, 0.4) is 0 Å². The Kier molecular flexibility index (Phi) is 7.09. The molecule has 7 nitrogen and oxygen atoms in total. The van der Waals surface area contributed by atoms with Crippen LogP contribution >= 0.6 is 0 Å². The first-order valence-electron chi connectivity index (χ1n) is 8.41. The van der Waals surface area contributed by atoms with Crippen molar-refractivity contribution in [3.63, 3.8) is 0 Å². The number of rotatable bonds is 9. The maximum Gasteiger partial charge on any atom is 0.303 e. The van der Waals surface area contributed by atoms with Gasteiger partial charge in [-0.3, -0.25) is 9.59 Å². The minimum atomic E-state index is -3.66. The Hall–Kier alpha value is -2.71. The van der Waals surface area contributed by atoms with Crippen LogP contribution in [0.5, 0.6) is 0 Å². The number of nitrogens with one attached hydrogen (secondary N) is 2. The average Bonchev–Trinajstić information content (AvgIpc) is 2.60. The van der Waals surface area contributed by atoms with Gasteiger partial charge in [0.05, 0.1) is 4.90 Å². The molecule has 1 atom stereocenters. The third-order valence-corrected chi connectivity index (χ3v) is 5.23. The maximum absolute atomic E-state index is 12.3. The number of benzene rings is 2. The van der Waals surface area contributed by atoms with Gasteiger partial charge in [0, 0.05) is 25.1 Å². The highest BCUT2D eigenvalue weighted by Gasteiger charge is 2.15. The van der Waals surface area contributed by atoms with E-state index in [-0.39, 0.29) is 36.1 Å². The van der Waals surface area contributed by atoms with Gasteiger partial charge in [0.2, 0.25) is 15.9 Å². The predicted octanol–water partition coefficient (Wildman–Crippen LogP) is 2.60. The van der Waals surface area contributed by atoms with Gasteiger partial charge in [-0.15, -0.1) is 0 Å². The third kappa shape index (κ3) is 6.84. The first-order chi connectivity index (χ1) is 12.8. The minimum Gasteiger partial charge on any atom is -0.481 e. The summed E-state index contributed by atoms with van der Waals surface area (Å²) in [5, 5.41) is 11.4. The first-order valence-corrected chi connectivity index (χ1v) is 9.90. The lowest BCUT2D eigenvalue weighted by molar-refractivity contribution is -0.138. The summed E-state index contributed by atoms with van der Waals surface area (Å²) in [5.74, 6) is -1.56. The monoisotopic (exact) mass is 390 g/mol. The second-order valence-corrected chi connectivity index (χ2v) is 8.06. The van der Waals surface area contributed by atoms with Crippen molar-refractivity contribution in [3.8, 4) is 0 Å². The fraction of sp³-hybridized carbons (Fsp3) is 0.263. The number of aliphatic carboxylic acids is 1. The molecule has 2 rings (SSSR count). The molecule has 0 aliphatic rings. The first kappa shape index (κ1) is 20.6. The van der Waals surface area contributed by atoms with Crippen LogP contribution in [0, 0.1) is 5.92 Å². The Morgan fingerprint density at radius 1 is 1.00 bits per heavy atom. The molecule has 1 amide bonds. The Bertz CT molecular complexity index is 880.